The molecule has 0 bridgehead atoms. The predicted octanol–water partition coefficient (Wildman–Crippen LogP) is 5.95. The highest BCUT2D eigenvalue weighted by atomic mass is 16.3. The molecule has 3 rings (SSSR count). The Morgan fingerprint density at radius 1 is 1.23 bits per heavy atom. The summed E-state index contributed by atoms with van der Waals surface area (Å²) in [6.07, 6.45) is 13.4. The zero-order valence-corrected chi connectivity index (χ0v) is 20.5. The lowest BCUT2D eigenvalue weighted by Gasteiger charge is -2.44. The zero-order valence-electron chi connectivity index (χ0n) is 20.5. The summed E-state index contributed by atoms with van der Waals surface area (Å²) in [5.41, 5.74) is 3.15. The number of fused-ring (bicyclic) bond motifs is 1. The number of rotatable bonds is 6. The van der Waals surface area contributed by atoms with Gasteiger partial charge in [-0.3, -0.25) is 0 Å². The predicted molar refractivity (Wildman–Crippen MR) is 129 cm³/mol. The Morgan fingerprint density at radius 2 is 1.94 bits per heavy atom. The highest BCUT2D eigenvalue weighted by molar-refractivity contribution is 5.39. The second-order valence-electron chi connectivity index (χ2n) is 11.8. The first-order chi connectivity index (χ1) is 14.4. The van der Waals surface area contributed by atoms with E-state index in [9.17, 15) is 15.3 Å². The lowest BCUT2D eigenvalue weighted by Crippen LogP contribution is -2.36. The van der Waals surface area contributed by atoms with Crippen LogP contribution in [0, 0.1) is 29.1 Å². The molecule has 0 aromatic heterocycles. The van der Waals surface area contributed by atoms with Crippen LogP contribution in [0.4, 0.5) is 0 Å². The third-order valence-corrected chi connectivity index (χ3v) is 8.97. The normalized spacial score (nSPS) is 40.4. The summed E-state index contributed by atoms with van der Waals surface area (Å²) >= 11 is 0. The molecule has 3 saturated carbocycles. The molecule has 3 fully saturated rings. The lowest BCUT2D eigenvalue weighted by molar-refractivity contribution is 0.0283. The van der Waals surface area contributed by atoms with E-state index in [0.717, 1.165) is 36.3 Å². The summed E-state index contributed by atoms with van der Waals surface area (Å²) < 4.78 is 0. The summed E-state index contributed by atoms with van der Waals surface area (Å²) in [5, 5.41) is 30.7. The quantitative estimate of drug-likeness (QED) is 0.488. The van der Waals surface area contributed by atoms with Crippen LogP contribution in [-0.2, 0) is 0 Å². The van der Waals surface area contributed by atoms with Crippen molar-refractivity contribution in [2.24, 2.45) is 29.1 Å². The van der Waals surface area contributed by atoms with Gasteiger partial charge in [-0.15, -0.1) is 0 Å². The maximum absolute atomic E-state index is 10.4. The van der Waals surface area contributed by atoms with E-state index in [-0.39, 0.29) is 5.92 Å². The van der Waals surface area contributed by atoms with Gasteiger partial charge in [-0.1, -0.05) is 57.9 Å². The highest BCUT2D eigenvalue weighted by Crippen LogP contribution is 2.60. The minimum Gasteiger partial charge on any atom is -0.392 e. The molecule has 0 aliphatic heterocycles. The molecule has 176 valence electrons. The molecule has 0 heterocycles. The van der Waals surface area contributed by atoms with E-state index in [1.807, 2.05) is 20.8 Å². The molecule has 31 heavy (non-hydrogen) atoms. The fraction of sp³-hybridized carbons (Fsp3) is 0.786. The number of aliphatic hydroxyl groups is 3. The van der Waals surface area contributed by atoms with Crippen molar-refractivity contribution in [3.63, 3.8) is 0 Å². The zero-order chi connectivity index (χ0) is 23.0. The summed E-state index contributed by atoms with van der Waals surface area (Å²) in [7, 11) is 0. The lowest BCUT2D eigenvalue weighted by atomic mass is 9.60. The van der Waals surface area contributed by atoms with Crippen LogP contribution >= 0.6 is 0 Å². The summed E-state index contributed by atoms with van der Waals surface area (Å²) in [6.45, 7) is 14.8. The standard InChI is InChI=1S/C28H46O3/c1-18(9-7-15-27(4,5)31)23-13-14-24-21(10-8-16-28(23,24)6)11-12-22-17-25(29)20(3)26(30)19(22)2/h11-12,18,20,23-26,29-31H,2,7-10,13-17H2,1,3-6H3/b21-11?,22-12-/t18-,20-,23-,24?,25+,26+,28-/m1/s1. The van der Waals surface area contributed by atoms with E-state index >= 15 is 0 Å². The van der Waals surface area contributed by atoms with Crippen molar-refractivity contribution in [2.45, 2.75) is 110 Å². The second kappa shape index (κ2) is 9.53. The topological polar surface area (TPSA) is 60.7 Å². The number of allylic oxidation sites excluding steroid dienone is 3. The van der Waals surface area contributed by atoms with E-state index in [1.165, 1.54) is 32.1 Å². The highest BCUT2D eigenvalue weighted by Gasteiger charge is 2.50. The monoisotopic (exact) mass is 430 g/mol. The number of aliphatic hydroxyl groups excluding tert-OH is 2. The van der Waals surface area contributed by atoms with Crippen LogP contribution in [0.5, 0.6) is 0 Å². The maximum Gasteiger partial charge on any atom is 0.0837 e. The van der Waals surface area contributed by atoms with E-state index in [0.29, 0.717) is 23.7 Å². The fourth-order valence-corrected chi connectivity index (χ4v) is 6.91. The Hall–Kier alpha value is -0.900. The van der Waals surface area contributed by atoms with E-state index in [2.05, 4.69) is 32.6 Å². The van der Waals surface area contributed by atoms with E-state index < -0.39 is 17.8 Å². The van der Waals surface area contributed by atoms with Crippen molar-refractivity contribution in [1.29, 1.82) is 0 Å². The van der Waals surface area contributed by atoms with Crippen LogP contribution in [0.2, 0.25) is 0 Å². The fourth-order valence-electron chi connectivity index (χ4n) is 6.91. The van der Waals surface area contributed by atoms with Crippen molar-refractivity contribution >= 4 is 0 Å². The molecule has 0 amide bonds. The number of hydrogen-bond donors (Lipinski definition) is 3. The van der Waals surface area contributed by atoms with Gasteiger partial charge in [0, 0.05) is 5.92 Å². The summed E-state index contributed by atoms with van der Waals surface area (Å²) in [4.78, 5) is 0. The minimum atomic E-state index is -0.648. The van der Waals surface area contributed by atoms with Gasteiger partial charge in [0.25, 0.3) is 0 Å². The molecule has 0 aromatic carbocycles. The van der Waals surface area contributed by atoms with Gasteiger partial charge in [-0.2, -0.15) is 0 Å². The van der Waals surface area contributed by atoms with Crippen molar-refractivity contribution in [3.8, 4) is 0 Å². The van der Waals surface area contributed by atoms with E-state index in [4.69, 9.17) is 0 Å². The van der Waals surface area contributed by atoms with Gasteiger partial charge < -0.3 is 15.3 Å². The Bertz CT molecular complexity index is 712. The van der Waals surface area contributed by atoms with Crippen LogP contribution in [0.15, 0.2) is 35.5 Å². The average Bonchev–Trinajstić information content (AvgIpc) is 3.04. The van der Waals surface area contributed by atoms with Crippen LogP contribution in [-0.4, -0.2) is 33.1 Å². The molecular formula is C28H46O3. The van der Waals surface area contributed by atoms with Gasteiger partial charge >= 0.3 is 0 Å². The van der Waals surface area contributed by atoms with Crippen molar-refractivity contribution in [2.75, 3.05) is 0 Å². The maximum atomic E-state index is 10.4. The number of hydrogen-bond acceptors (Lipinski definition) is 3. The third-order valence-electron chi connectivity index (χ3n) is 8.97. The Labute approximate surface area is 190 Å². The third kappa shape index (κ3) is 5.37. The Balaban J connectivity index is 1.71. The van der Waals surface area contributed by atoms with Crippen LogP contribution in [0.3, 0.4) is 0 Å². The second-order valence-corrected chi connectivity index (χ2v) is 11.8. The molecule has 1 unspecified atom stereocenters. The summed E-state index contributed by atoms with van der Waals surface area (Å²) in [6, 6.07) is 0. The Morgan fingerprint density at radius 3 is 2.61 bits per heavy atom. The molecule has 3 nitrogen and oxygen atoms in total. The van der Waals surface area contributed by atoms with Gasteiger partial charge in [0.1, 0.15) is 0 Å². The van der Waals surface area contributed by atoms with Gasteiger partial charge in [-0.05, 0) is 93.1 Å². The van der Waals surface area contributed by atoms with Gasteiger partial charge in [0.2, 0.25) is 0 Å². The van der Waals surface area contributed by atoms with Crippen molar-refractivity contribution < 1.29 is 15.3 Å². The SMILES string of the molecule is C=C1/C(=C\C=C2CCC[C@@]3(C)C2CC[C@@H]3[C@H](C)CCCC(C)(C)O)C[C@H](O)[C@@H](C)[C@H]1O. The Kier molecular flexibility index (Phi) is 7.61. The molecule has 0 aromatic rings. The molecular weight excluding hydrogens is 384 g/mol. The van der Waals surface area contributed by atoms with Crippen LogP contribution < -0.4 is 0 Å². The van der Waals surface area contributed by atoms with Gasteiger partial charge in [0.05, 0.1) is 17.8 Å². The van der Waals surface area contributed by atoms with Gasteiger partial charge in [0.15, 0.2) is 0 Å². The minimum absolute atomic E-state index is 0.149. The molecule has 3 aliphatic rings. The van der Waals surface area contributed by atoms with Crippen molar-refractivity contribution in [1.82, 2.24) is 0 Å². The first kappa shape index (κ1) is 24.7. The van der Waals surface area contributed by atoms with Crippen LogP contribution in [0.25, 0.3) is 0 Å². The largest absolute Gasteiger partial charge is 0.392 e. The van der Waals surface area contributed by atoms with Crippen molar-refractivity contribution in [3.05, 3.63) is 35.5 Å². The molecule has 7 atom stereocenters. The first-order valence-corrected chi connectivity index (χ1v) is 12.6. The van der Waals surface area contributed by atoms with Crippen LogP contribution in [0.1, 0.15) is 92.4 Å². The average molecular weight is 431 g/mol. The molecule has 0 radical (unpaired) electrons. The molecule has 3 N–H and O–H groups in total. The summed E-state index contributed by atoms with van der Waals surface area (Å²) in [5.74, 6) is 1.94. The molecule has 3 heteroatoms. The molecule has 0 saturated heterocycles. The molecule has 0 spiro atoms. The smallest absolute Gasteiger partial charge is 0.0837 e. The van der Waals surface area contributed by atoms with E-state index in [1.54, 1.807) is 5.57 Å². The first-order valence-electron chi connectivity index (χ1n) is 12.6. The van der Waals surface area contributed by atoms with Gasteiger partial charge in [-0.25, -0.2) is 0 Å². The molecule has 3 aliphatic carbocycles.